The second-order valence-electron chi connectivity index (χ2n) is 5.00. The van der Waals surface area contributed by atoms with E-state index in [2.05, 4.69) is 20.3 Å². The van der Waals surface area contributed by atoms with Gasteiger partial charge in [0.15, 0.2) is 5.82 Å². The quantitative estimate of drug-likeness (QED) is 0.912. The van der Waals surface area contributed by atoms with Gasteiger partial charge in [0.1, 0.15) is 5.04 Å². The molecule has 1 aromatic heterocycles. The number of nitrogens with zero attached hydrogens (tertiary/aromatic N) is 2. The largest absolute Gasteiger partial charge is 0.336 e. The molecule has 1 aliphatic heterocycles. The molecule has 2 aromatic rings. The number of aliphatic imine (C=N–C) groups is 1. The van der Waals surface area contributed by atoms with Crippen molar-refractivity contribution in [3.8, 4) is 0 Å². The molecule has 0 unspecified atom stereocenters. The van der Waals surface area contributed by atoms with E-state index < -0.39 is 0 Å². The minimum absolute atomic E-state index is 0.0137. The third-order valence-electron chi connectivity index (χ3n) is 3.06. The van der Waals surface area contributed by atoms with Gasteiger partial charge in [-0.1, -0.05) is 13.8 Å². The van der Waals surface area contributed by atoms with Gasteiger partial charge < -0.3 is 10.3 Å². The monoisotopic (exact) mass is 288 g/mol. The first-order valence-electron chi connectivity index (χ1n) is 6.62. The van der Waals surface area contributed by atoms with Crippen molar-refractivity contribution >= 4 is 39.4 Å². The topological polar surface area (TPSA) is 70.1 Å². The fourth-order valence-electron chi connectivity index (χ4n) is 1.95. The van der Waals surface area contributed by atoms with Crippen LogP contribution in [0.5, 0.6) is 0 Å². The number of hydrogen-bond acceptors (Lipinski definition) is 4. The number of amides is 1. The number of aromatic nitrogens is 2. The maximum absolute atomic E-state index is 11.7. The number of anilines is 1. The maximum atomic E-state index is 11.7. The van der Waals surface area contributed by atoms with Crippen molar-refractivity contribution < 1.29 is 4.79 Å². The highest BCUT2D eigenvalue weighted by Crippen LogP contribution is 2.22. The molecule has 104 valence electrons. The summed E-state index contributed by atoms with van der Waals surface area (Å²) in [6, 6.07) is 5.69. The van der Waals surface area contributed by atoms with Crippen LogP contribution in [0.3, 0.4) is 0 Å². The Bertz CT molecular complexity index is 690. The molecule has 6 heteroatoms. The first-order valence-corrected chi connectivity index (χ1v) is 7.60. The smallest absolute Gasteiger partial charge is 0.226 e. The molecule has 0 atom stereocenters. The number of fused-ring (bicyclic) bond motifs is 1. The number of rotatable bonds is 3. The molecule has 2 N–H and O–H groups in total. The summed E-state index contributed by atoms with van der Waals surface area (Å²) in [6.45, 7) is 4.60. The van der Waals surface area contributed by atoms with E-state index in [0.717, 1.165) is 39.9 Å². The highest BCUT2D eigenvalue weighted by molar-refractivity contribution is 8.14. The number of imidazole rings is 1. The van der Waals surface area contributed by atoms with E-state index in [1.54, 1.807) is 11.8 Å². The van der Waals surface area contributed by atoms with E-state index in [4.69, 9.17) is 0 Å². The first-order chi connectivity index (χ1) is 9.63. The number of nitrogens with one attached hydrogen (secondary N) is 2. The fourth-order valence-corrected chi connectivity index (χ4v) is 2.75. The molecule has 0 saturated heterocycles. The lowest BCUT2D eigenvalue weighted by atomic mass is 10.2. The zero-order chi connectivity index (χ0) is 14.1. The highest BCUT2D eigenvalue weighted by Gasteiger charge is 2.14. The summed E-state index contributed by atoms with van der Waals surface area (Å²) in [5.41, 5.74) is 2.59. The molecule has 1 amide bonds. The fraction of sp³-hybridized carbons (Fsp3) is 0.357. The summed E-state index contributed by atoms with van der Waals surface area (Å²) >= 11 is 1.72. The number of carbonyl (C=O) groups excluding carboxylic acids is 1. The van der Waals surface area contributed by atoms with Gasteiger partial charge in [0.25, 0.3) is 0 Å². The Morgan fingerprint density at radius 1 is 1.45 bits per heavy atom. The average molecular weight is 288 g/mol. The van der Waals surface area contributed by atoms with Crippen molar-refractivity contribution in [3.05, 3.63) is 24.0 Å². The van der Waals surface area contributed by atoms with Crippen molar-refractivity contribution in [2.45, 2.75) is 13.8 Å². The summed E-state index contributed by atoms with van der Waals surface area (Å²) in [5.74, 6) is 1.81. The SMILES string of the molecule is CC(C)C(=O)Nc1ccc2nc(C3=NCCS3)[nH]c2c1. The van der Waals surface area contributed by atoms with Gasteiger partial charge in [-0.3, -0.25) is 9.79 Å². The zero-order valence-corrected chi connectivity index (χ0v) is 12.3. The third kappa shape index (κ3) is 2.56. The lowest BCUT2D eigenvalue weighted by molar-refractivity contribution is -0.118. The average Bonchev–Trinajstić information content (AvgIpc) is 3.06. The van der Waals surface area contributed by atoms with Gasteiger partial charge in [0.05, 0.1) is 11.0 Å². The molecule has 1 aromatic carbocycles. The molecule has 0 spiro atoms. The molecule has 0 radical (unpaired) electrons. The number of H-pyrrole nitrogens is 1. The Hall–Kier alpha value is -1.82. The summed E-state index contributed by atoms with van der Waals surface area (Å²) in [6.07, 6.45) is 0. The lowest BCUT2D eigenvalue weighted by Crippen LogP contribution is -2.17. The molecule has 20 heavy (non-hydrogen) atoms. The number of carbonyl (C=O) groups is 1. The first kappa shape index (κ1) is 13.2. The van der Waals surface area contributed by atoms with Crippen LogP contribution in [-0.4, -0.2) is 33.2 Å². The molecule has 1 aliphatic rings. The lowest BCUT2D eigenvalue weighted by Gasteiger charge is -2.07. The van der Waals surface area contributed by atoms with Crippen molar-refractivity contribution in [1.82, 2.24) is 9.97 Å². The minimum atomic E-state index is -0.0349. The van der Waals surface area contributed by atoms with Gasteiger partial charge in [-0.05, 0) is 18.2 Å². The van der Waals surface area contributed by atoms with Crippen LogP contribution in [0.15, 0.2) is 23.2 Å². The summed E-state index contributed by atoms with van der Waals surface area (Å²) in [7, 11) is 0. The highest BCUT2D eigenvalue weighted by atomic mass is 32.2. The second-order valence-corrected chi connectivity index (χ2v) is 6.08. The van der Waals surface area contributed by atoms with Crippen LogP contribution in [0.4, 0.5) is 5.69 Å². The Labute approximate surface area is 121 Å². The van der Waals surface area contributed by atoms with Gasteiger partial charge in [0, 0.05) is 23.9 Å². The van der Waals surface area contributed by atoms with Crippen molar-refractivity contribution in [3.63, 3.8) is 0 Å². The molecule has 0 aliphatic carbocycles. The molecule has 0 fully saturated rings. The molecule has 5 nitrogen and oxygen atoms in total. The van der Waals surface area contributed by atoms with Crippen molar-refractivity contribution in [1.29, 1.82) is 0 Å². The van der Waals surface area contributed by atoms with Crippen molar-refractivity contribution in [2.75, 3.05) is 17.6 Å². The van der Waals surface area contributed by atoms with Gasteiger partial charge in [-0.15, -0.1) is 11.8 Å². The summed E-state index contributed by atoms with van der Waals surface area (Å²) in [5, 5.41) is 3.86. The van der Waals surface area contributed by atoms with Crippen LogP contribution >= 0.6 is 11.8 Å². The van der Waals surface area contributed by atoms with E-state index >= 15 is 0 Å². The number of hydrogen-bond donors (Lipinski definition) is 2. The van der Waals surface area contributed by atoms with E-state index in [1.165, 1.54) is 0 Å². The van der Waals surface area contributed by atoms with Crippen LogP contribution in [0.1, 0.15) is 19.7 Å². The molecular weight excluding hydrogens is 272 g/mol. The van der Waals surface area contributed by atoms with E-state index in [1.807, 2.05) is 32.0 Å². The van der Waals surface area contributed by atoms with E-state index in [9.17, 15) is 4.79 Å². The Morgan fingerprint density at radius 3 is 3.00 bits per heavy atom. The Balaban J connectivity index is 1.89. The predicted octanol–water partition coefficient (Wildman–Crippen LogP) is 2.65. The predicted molar refractivity (Wildman–Crippen MR) is 83.4 cm³/mol. The Kier molecular flexibility index (Phi) is 3.48. The van der Waals surface area contributed by atoms with Gasteiger partial charge in [-0.25, -0.2) is 4.98 Å². The number of aromatic amines is 1. The minimum Gasteiger partial charge on any atom is -0.336 e. The maximum Gasteiger partial charge on any atom is 0.226 e. The molecular formula is C14H16N4OS. The van der Waals surface area contributed by atoms with Crippen LogP contribution < -0.4 is 5.32 Å². The van der Waals surface area contributed by atoms with Crippen molar-refractivity contribution in [2.24, 2.45) is 10.9 Å². The van der Waals surface area contributed by atoms with Crippen LogP contribution in [0.2, 0.25) is 0 Å². The molecule has 3 rings (SSSR count). The standard InChI is InChI=1S/C14H16N4OS/c1-8(2)13(19)16-9-3-4-10-11(7-9)18-12(17-10)14-15-5-6-20-14/h3-4,7-8H,5-6H2,1-2H3,(H,16,19)(H,17,18). The molecule has 2 heterocycles. The van der Waals surface area contributed by atoms with Gasteiger partial charge >= 0.3 is 0 Å². The van der Waals surface area contributed by atoms with E-state index in [0.29, 0.717) is 0 Å². The van der Waals surface area contributed by atoms with E-state index in [-0.39, 0.29) is 11.8 Å². The summed E-state index contributed by atoms with van der Waals surface area (Å²) in [4.78, 5) is 23.9. The van der Waals surface area contributed by atoms with Crippen LogP contribution in [0.25, 0.3) is 11.0 Å². The molecule has 0 bridgehead atoms. The zero-order valence-electron chi connectivity index (χ0n) is 11.4. The number of thioether (sulfide) groups is 1. The van der Waals surface area contributed by atoms with Crippen LogP contribution in [-0.2, 0) is 4.79 Å². The van der Waals surface area contributed by atoms with Crippen LogP contribution in [0, 0.1) is 5.92 Å². The van der Waals surface area contributed by atoms with Gasteiger partial charge in [0.2, 0.25) is 5.91 Å². The van der Waals surface area contributed by atoms with Gasteiger partial charge in [-0.2, -0.15) is 0 Å². The summed E-state index contributed by atoms with van der Waals surface area (Å²) < 4.78 is 0. The third-order valence-corrected chi connectivity index (χ3v) is 4.04. The Morgan fingerprint density at radius 2 is 2.30 bits per heavy atom. The normalized spacial score (nSPS) is 14.8. The number of benzene rings is 1. The second kappa shape index (κ2) is 5.28. The molecule has 0 saturated carbocycles.